The zero-order valence-electron chi connectivity index (χ0n) is 11.1. The molecule has 0 heterocycles. The predicted octanol–water partition coefficient (Wildman–Crippen LogP) is 3.51. The van der Waals surface area contributed by atoms with Crippen molar-refractivity contribution in [1.82, 2.24) is 5.32 Å². The Hall–Kier alpha value is -0.530. The molecule has 0 unspecified atom stereocenters. The van der Waals surface area contributed by atoms with E-state index in [0.29, 0.717) is 18.4 Å². The minimum absolute atomic E-state index is 0.258. The van der Waals surface area contributed by atoms with Crippen LogP contribution in [0.25, 0.3) is 0 Å². The van der Waals surface area contributed by atoms with Crippen LogP contribution < -0.4 is 5.32 Å². The highest BCUT2D eigenvalue weighted by molar-refractivity contribution is 5.76. The Labute approximate surface area is 100 Å². The van der Waals surface area contributed by atoms with Crippen molar-refractivity contribution in [1.29, 1.82) is 0 Å². The van der Waals surface area contributed by atoms with E-state index in [2.05, 4.69) is 26.1 Å². The molecule has 1 fully saturated rings. The zero-order valence-corrected chi connectivity index (χ0v) is 11.1. The molecule has 2 nitrogen and oxygen atoms in total. The molecule has 94 valence electrons. The van der Waals surface area contributed by atoms with Gasteiger partial charge in [-0.2, -0.15) is 0 Å². The van der Waals surface area contributed by atoms with Gasteiger partial charge in [0.1, 0.15) is 0 Å². The third kappa shape index (κ3) is 5.00. The van der Waals surface area contributed by atoms with Crippen LogP contribution in [0.15, 0.2) is 0 Å². The molecule has 1 rings (SSSR count). The second-order valence-corrected chi connectivity index (χ2v) is 5.63. The summed E-state index contributed by atoms with van der Waals surface area (Å²) in [4.78, 5) is 11.7. The largest absolute Gasteiger partial charge is 0.353 e. The average Bonchev–Trinajstić information content (AvgIpc) is 2.27. The highest BCUT2D eigenvalue weighted by atomic mass is 16.1. The summed E-state index contributed by atoms with van der Waals surface area (Å²) >= 11 is 0. The Morgan fingerprint density at radius 1 is 1.25 bits per heavy atom. The lowest BCUT2D eigenvalue weighted by atomic mass is 9.84. The summed E-state index contributed by atoms with van der Waals surface area (Å²) < 4.78 is 0. The van der Waals surface area contributed by atoms with E-state index >= 15 is 0 Å². The summed E-state index contributed by atoms with van der Waals surface area (Å²) in [6.07, 6.45) is 7.98. The smallest absolute Gasteiger partial charge is 0.220 e. The van der Waals surface area contributed by atoms with E-state index in [1.807, 2.05) is 0 Å². The normalized spacial score (nSPS) is 25.8. The molecule has 0 atom stereocenters. The van der Waals surface area contributed by atoms with Crippen LogP contribution in [-0.2, 0) is 4.79 Å². The fraction of sp³-hybridized carbons (Fsp3) is 0.929. The number of carbonyl (C=O) groups excluding carboxylic acids is 1. The van der Waals surface area contributed by atoms with Gasteiger partial charge in [0.25, 0.3) is 0 Å². The van der Waals surface area contributed by atoms with Crippen molar-refractivity contribution in [3.63, 3.8) is 0 Å². The van der Waals surface area contributed by atoms with Crippen LogP contribution in [0.5, 0.6) is 0 Å². The highest BCUT2D eigenvalue weighted by Gasteiger charge is 2.20. The third-order valence-corrected chi connectivity index (χ3v) is 3.74. The van der Waals surface area contributed by atoms with Crippen molar-refractivity contribution in [3.8, 4) is 0 Å². The summed E-state index contributed by atoms with van der Waals surface area (Å²) in [6.45, 7) is 6.60. The van der Waals surface area contributed by atoms with Crippen LogP contribution in [0, 0.1) is 11.8 Å². The first-order valence-corrected chi connectivity index (χ1v) is 6.91. The van der Waals surface area contributed by atoms with Crippen LogP contribution in [0.1, 0.15) is 65.7 Å². The third-order valence-electron chi connectivity index (χ3n) is 3.74. The molecule has 16 heavy (non-hydrogen) atoms. The summed E-state index contributed by atoms with van der Waals surface area (Å²) in [5, 5.41) is 3.18. The Kier molecular flexibility index (Phi) is 5.86. The van der Waals surface area contributed by atoms with Gasteiger partial charge >= 0.3 is 0 Å². The Morgan fingerprint density at radius 2 is 1.88 bits per heavy atom. The number of nitrogens with one attached hydrogen (secondary N) is 1. The molecule has 0 aromatic carbocycles. The van der Waals surface area contributed by atoms with Gasteiger partial charge in [-0.1, -0.05) is 27.2 Å². The van der Waals surface area contributed by atoms with Crippen molar-refractivity contribution in [2.75, 3.05) is 0 Å². The van der Waals surface area contributed by atoms with E-state index in [1.54, 1.807) is 0 Å². The lowest BCUT2D eigenvalue weighted by Gasteiger charge is -2.28. The maximum atomic E-state index is 11.7. The minimum atomic E-state index is 0.258. The zero-order chi connectivity index (χ0) is 12.0. The van der Waals surface area contributed by atoms with Crippen LogP contribution in [0.2, 0.25) is 0 Å². The number of carbonyl (C=O) groups is 1. The standard InChI is InChI=1S/C14H27NO/c1-4-12-6-8-13(9-7-12)15-14(16)10-5-11(2)3/h11-13H,4-10H2,1-3H3,(H,15,16). The second-order valence-electron chi connectivity index (χ2n) is 5.63. The first-order chi connectivity index (χ1) is 7.61. The van der Waals surface area contributed by atoms with Gasteiger partial charge < -0.3 is 5.32 Å². The van der Waals surface area contributed by atoms with Crippen molar-refractivity contribution < 1.29 is 4.79 Å². The van der Waals surface area contributed by atoms with Crippen LogP contribution in [0.3, 0.4) is 0 Å². The number of hydrogen-bond donors (Lipinski definition) is 1. The molecule has 0 bridgehead atoms. The van der Waals surface area contributed by atoms with Gasteiger partial charge in [-0.25, -0.2) is 0 Å². The average molecular weight is 225 g/mol. The van der Waals surface area contributed by atoms with Gasteiger partial charge in [0.2, 0.25) is 5.91 Å². The number of amides is 1. The molecule has 0 aromatic heterocycles. The van der Waals surface area contributed by atoms with Crippen LogP contribution in [0.4, 0.5) is 0 Å². The van der Waals surface area contributed by atoms with E-state index in [1.165, 1.54) is 32.1 Å². The Balaban J connectivity index is 2.15. The fourth-order valence-electron chi connectivity index (χ4n) is 2.43. The van der Waals surface area contributed by atoms with Gasteiger partial charge in [0.15, 0.2) is 0 Å². The molecule has 0 aromatic rings. The summed E-state index contributed by atoms with van der Waals surface area (Å²) in [5.41, 5.74) is 0. The fourth-order valence-corrected chi connectivity index (χ4v) is 2.43. The summed E-state index contributed by atoms with van der Waals surface area (Å²) in [6, 6.07) is 0.461. The SMILES string of the molecule is CCC1CCC(NC(=O)CCC(C)C)CC1. The van der Waals surface area contributed by atoms with Gasteiger partial charge in [-0.15, -0.1) is 0 Å². The molecule has 1 aliphatic carbocycles. The van der Waals surface area contributed by atoms with E-state index < -0.39 is 0 Å². The predicted molar refractivity (Wildman–Crippen MR) is 68.3 cm³/mol. The minimum Gasteiger partial charge on any atom is -0.353 e. The van der Waals surface area contributed by atoms with Gasteiger partial charge in [-0.05, 0) is 43.9 Å². The first-order valence-electron chi connectivity index (χ1n) is 6.91. The van der Waals surface area contributed by atoms with Crippen molar-refractivity contribution >= 4 is 5.91 Å². The van der Waals surface area contributed by atoms with Crippen LogP contribution >= 0.6 is 0 Å². The molecule has 0 saturated heterocycles. The molecule has 2 heteroatoms. The molecule has 1 saturated carbocycles. The topological polar surface area (TPSA) is 29.1 Å². The van der Waals surface area contributed by atoms with Gasteiger partial charge in [0, 0.05) is 12.5 Å². The van der Waals surface area contributed by atoms with Crippen LogP contribution in [-0.4, -0.2) is 11.9 Å². The molecule has 0 radical (unpaired) electrons. The monoisotopic (exact) mass is 225 g/mol. The molecular weight excluding hydrogens is 198 g/mol. The number of hydrogen-bond acceptors (Lipinski definition) is 1. The van der Waals surface area contributed by atoms with Crippen molar-refractivity contribution in [2.45, 2.75) is 71.8 Å². The molecule has 1 aliphatic rings. The van der Waals surface area contributed by atoms with Crippen molar-refractivity contribution in [3.05, 3.63) is 0 Å². The molecule has 0 spiro atoms. The molecule has 1 N–H and O–H groups in total. The van der Waals surface area contributed by atoms with E-state index in [-0.39, 0.29) is 5.91 Å². The maximum Gasteiger partial charge on any atom is 0.220 e. The lowest BCUT2D eigenvalue weighted by Crippen LogP contribution is -2.37. The van der Waals surface area contributed by atoms with E-state index in [0.717, 1.165) is 12.3 Å². The molecular formula is C14H27NO. The van der Waals surface area contributed by atoms with E-state index in [4.69, 9.17) is 0 Å². The quantitative estimate of drug-likeness (QED) is 0.762. The lowest BCUT2D eigenvalue weighted by molar-refractivity contribution is -0.122. The van der Waals surface area contributed by atoms with E-state index in [9.17, 15) is 4.79 Å². The first kappa shape index (κ1) is 13.5. The Bertz CT molecular complexity index is 205. The number of rotatable bonds is 5. The van der Waals surface area contributed by atoms with Gasteiger partial charge in [-0.3, -0.25) is 4.79 Å². The molecule has 1 amide bonds. The maximum absolute atomic E-state index is 11.7. The molecule has 0 aliphatic heterocycles. The second kappa shape index (κ2) is 6.93. The van der Waals surface area contributed by atoms with Crippen molar-refractivity contribution in [2.24, 2.45) is 11.8 Å². The summed E-state index contributed by atoms with van der Waals surface area (Å²) in [5.74, 6) is 1.79. The van der Waals surface area contributed by atoms with Gasteiger partial charge in [0.05, 0.1) is 0 Å². The Morgan fingerprint density at radius 3 is 2.38 bits per heavy atom. The highest BCUT2D eigenvalue weighted by Crippen LogP contribution is 2.26. The summed E-state index contributed by atoms with van der Waals surface area (Å²) in [7, 11) is 0.